The summed E-state index contributed by atoms with van der Waals surface area (Å²) >= 11 is 5.99. The van der Waals surface area contributed by atoms with Gasteiger partial charge in [-0.2, -0.15) is 4.31 Å². The van der Waals surface area contributed by atoms with E-state index in [4.69, 9.17) is 11.6 Å². The highest BCUT2D eigenvalue weighted by molar-refractivity contribution is 7.88. The highest BCUT2D eigenvalue weighted by Gasteiger charge is 2.22. The van der Waals surface area contributed by atoms with Crippen LogP contribution >= 0.6 is 11.6 Å². The molecule has 1 aliphatic rings. The molecule has 25 heavy (non-hydrogen) atoms. The maximum atomic E-state index is 12.7. The predicted molar refractivity (Wildman–Crippen MR) is 97.3 cm³/mol. The number of piperidine rings is 1. The Morgan fingerprint density at radius 2 is 1.88 bits per heavy atom. The van der Waals surface area contributed by atoms with Gasteiger partial charge in [0.15, 0.2) is 0 Å². The largest absolute Gasteiger partial charge is 0.339 e. The van der Waals surface area contributed by atoms with E-state index >= 15 is 0 Å². The number of carbonyl (C=O) groups is 2. The maximum absolute atomic E-state index is 12.7. The normalized spacial score (nSPS) is 15.3. The molecule has 1 aliphatic heterocycles. The third-order valence-electron chi connectivity index (χ3n) is 4.06. The van der Waals surface area contributed by atoms with Gasteiger partial charge in [-0.1, -0.05) is 11.6 Å². The fourth-order valence-electron chi connectivity index (χ4n) is 2.58. The molecule has 0 unspecified atom stereocenters. The van der Waals surface area contributed by atoms with Crippen molar-refractivity contribution in [3.63, 3.8) is 0 Å². The van der Waals surface area contributed by atoms with Crippen LogP contribution in [0.15, 0.2) is 18.2 Å². The Morgan fingerprint density at radius 1 is 1.24 bits per heavy atom. The number of likely N-dealkylation sites (tertiary alicyclic amines) is 1. The fourth-order valence-corrected chi connectivity index (χ4v) is 3.11. The Morgan fingerprint density at radius 3 is 2.48 bits per heavy atom. The summed E-state index contributed by atoms with van der Waals surface area (Å²) in [6.07, 6.45) is 4.04. The van der Waals surface area contributed by atoms with E-state index in [9.17, 15) is 18.0 Å². The lowest BCUT2D eigenvalue weighted by atomic mass is 10.1. The zero-order valence-corrected chi connectivity index (χ0v) is 15.9. The van der Waals surface area contributed by atoms with Crippen LogP contribution in [0.2, 0.25) is 5.02 Å². The number of nitrogens with zero attached hydrogens (tertiary/aromatic N) is 2. The number of hydrogen-bond acceptors (Lipinski definition) is 4. The molecule has 1 heterocycles. The van der Waals surface area contributed by atoms with E-state index in [1.165, 1.54) is 13.1 Å². The minimum atomic E-state index is -3.47. The van der Waals surface area contributed by atoms with E-state index in [0.717, 1.165) is 29.8 Å². The zero-order chi connectivity index (χ0) is 18.6. The lowest BCUT2D eigenvalue weighted by molar-refractivity contribution is -0.116. The molecule has 1 saturated heterocycles. The van der Waals surface area contributed by atoms with E-state index in [2.05, 4.69) is 5.32 Å². The van der Waals surface area contributed by atoms with Crippen LogP contribution in [0.5, 0.6) is 0 Å². The van der Waals surface area contributed by atoms with Gasteiger partial charge in [-0.25, -0.2) is 8.42 Å². The lowest BCUT2D eigenvalue weighted by Crippen LogP contribution is -2.37. The van der Waals surface area contributed by atoms with E-state index in [1.54, 1.807) is 17.0 Å². The quantitative estimate of drug-likeness (QED) is 0.834. The number of carbonyl (C=O) groups excluding carboxylic acids is 2. The van der Waals surface area contributed by atoms with Crippen molar-refractivity contribution in [2.75, 3.05) is 38.3 Å². The number of benzene rings is 1. The minimum absolute atomic E-state index is 0.164. The third-order valence-corrected chi connectivity index (χ3v) is 5.56. The second kappa shape index (κ2) is 8.16. The van der Waals surface area contributed by atoms with Crippen LogP contribution in [0.25, 0.3) is 0 Å². The summed E-state index contributed by atoms with van der Waals surface area (Å²) in [7, 11) is -2.16. The first-order valence-electron chi connectivity index (χ1n) is 7.98. The van der Waals surface area contributed by atoms with E-state index in [1.807, 2.05) is 0 Å². The first-order chi connectivity index (χ1) is 11.7. The molecule has 2 amide bonds. The van der Waals surface area contributed by atoms with Gasteiger partial charge in [0.05, 0.1) is 24.1 Å². The molecule has 0 spiro atoms. The van der Waals surface area contributed by atoms with Crippen LogP contribution in [0.4, 0.5) is 5.69 Å². The van der Waals surface area contributed by atoms with Crippen LogP contribution < -0.4 is 5.32 Å². The molecule has 0 saturated carbocycles. The van der Waals surface area contributed by atoms with Crippen molar-refractivity contribution >= 4 is 39.1 Å². The average molecular weight is 388 g/mol. The van der Waals surface area contributed by atoms with Gasteiger partial charge in [-0.15, -0.1) is 0 Å². The summed E-state index contributed by atoms with van der Waals surface area (Å²) in [6, 6.07) is 4.67. The summed E-state index contributed by atoms with van der Waals surface area (Å²) in [5.74, 6) is -0.703. The highest BCUT2D eigenvalue weighted by Crippen LogP contribution is 2.24. The second-order valence-corrected chi connectivity index (χ2v) is 8.64. The summed E-state index contributed by atoms with van der Waals surface area (Å²) in [5.41, 5.74) is 0.636. The third kappa shape index (κ3) is 5.42. The number of hydrogen-bond donors (Lipinski definition) is 1. The number of amides is 2. The fraction of sp³-hybridized carbons (Fsp3) is 0.500. The van der Waals surface area contributed by atoms with Crippen LogP contribution in [-0.2, 0) is 14.8 Å². The van der Waals surface area contributed by atoms with E-state index in [0.29, 0.717) is 23.7 Å². The Bertz CT molecular complexity index is 761. The molecule has 1 aromatic carbocycles. The molecule has 2 rings (SSSR count). The van der Waals surface area contributed by atoms with Crippen LogP contribution in [0, 0.1) is 0 Å². The second-order valence-electron chi connectivity index (χ2n) is 6.11. The van der Waals surface area contributed by atoms with Gasteiger partial charge in [0, 0.05) is 25.2 Å². The maximum Gasteiger partial charge on any atom is 0.255 e. The van der Waals surface area contributed by atoms with Crippen molar-refractivity contribution in [1.82, 2.24) is 9.21 Å². The highest BCUT2D eigenvalue weighted by atomic mass is 35.5. The SMILES string of the molecule is CN(CC(=O)Nc1cc(Cl)ccc1C(=O)N1CCCCC1)S(C)(=O)=O. The number of likely N-dealkylation sites (N-methyl/N-ethyl adjacent to an activating group) is 1. The number of rotatable bonds is 5. The Kier molecular flexibility index (Phi) is 6.42. The van der Waals surface area contributed by atoms with Gasteiger partial charge in [0.1, 0.15) is 0 Å². The molecular formula is C16H22ClN3O4S. The molecule has 0 aromatic heterocycles. The van der Waals surface area contributed by atoms with Crippen molar-refractivity contribution in [2.24, 2.45) is 0 Å². The molecule has 0 atom stereocenters. The van der Waals surface area contributed by atoms with E-state index in [-0.39, 0.29) is 18.1 Å². The van der Waals surface area contributed by atoms with Gasteiger partial charge in [-0.05, 0) is 37.5 Å². The van der Waals surface area contributed by atoms with Gasteiger partial charge < -0.3 is 10.2 Å². The predicted octanol–water partition coefficient (Wildman–Crippen LogP) is 1.80. The molecule has 7 nitrogen and oxygen atoms in total. The number of halogens is 1. The van der Waals surface area contributed by atoms with Crippen LogP contribution in [0.1, 0.15) is 29.6 Å². The molecule has 1 aromatic rings. The Hall–Kier alpha value is -1.64. The minimum Gasteiger partial charge on any atom is -0.339 e. The van der Waals surface area contributed by atoms with Crippen molar-refractivity contribution in [3.05, 3.63) is 28.8 Å². The van der Waals surface area contributed by atoms with Crippen molar-refractivity contribution in [3.8, 4) is 0 Å². The smallest absolute Gasteiger partial charge is 0.255 e. The van der Waals surface area contributed by atoms with E-state index < -0.39 is 15.9 Å². The van der Waals surface area contributed by atoms with Gasteiger partial charge in [-0.3, -0.25) is 9.59 Å². The number of sulfonamides is 1. The summed E-state index contributed by atoms with van der Waals surface area (Å²) < 4.78 is 23.8. The summed E-state index contributed by atoms with van der Waals surface area (Å²) in [5, 5.41) is 2.97. The average Bonchev–Trinajstić information content (AvgIpc) is 2.54. The van der Waals surface area contributed by atoms with Crippen molar-refractivity contribution < 1.29 is 18.0 Å². The molecule has 0 aliphatic carbocycles. The molecule has 138 valence electrons. The molecular weight excluding hydrogens is 366 g/mol. The number of anilines is 1. The van der Waals surface area contributed by atoms with Crippen molar-refractivity contribution in [2.45, 2.75) is 19.3 Å². The Balaban J connectivity index is 2.18. The zero-order valence-electron chi connectivity index (χ0n) is 14.3. The standard InChI is InChI=1S/C16H22ClN3O4S/c1-19(25(2,23)24)11-15(21)18-14-10-12(17)6-7-13(14)16(22)20-8-4-3-5-9-20/h6-7,10H,3-5,8-9,11H2,1-2H3,(H,18,21). The molecule has 0 radical (unpaired) electrons. The first kappa shape index (κ1) is 19.7. The van der Waals surface area contributed by atoms with Crippen LogP contribution in [0.3, 0.4) is 0 Å². The first-order valence-corrected chi connectivity index (χ1v) is 10.2. The summed E-state index contributed by atoms with van der Waals surface area (Å²) in [4.78, 5) is 26.6. The topological polar surface area (TPSA) is 86.8 Å². The van der Waals surface area contributed by atoms with Gasteiger partial charge in [0.25, 0.3) is 5.91 Å². The number of nitrogens with one attached hydrogen (secondary N) is 1. The van der Waals surface area contributed by atoms with Gasteiger partial charge >= 0.3 is 0 Å². The lowest BCUT2D eigenvalue weighted by Gasteiger charge is -2.27. The molecule has 1 N–H and O–H groups in total. The van der Waals surface area contributed by atoms with Gasteiger partial charge in [0.2, 0.25) is 15.9 Å². The molecule has 1 fully saturated rings. The van der Waals surface area contributed by atoms with Crippen molar-refractivity contribution in [1.29, 1.82) is 0 Å². The molecule has 0 bridgehead atoms. The molecule has 9 heteroatoms. The monoisotopic (exact) mass is 387 g/mol. The summed E-state index contributed by atoms with van der Waals surface area (Å²) in [6.45, 7) is 1.03. The van der Waals surface area contributed by atoms with Crippen LogP contribution in [-0.4, -0.2) is 62.4 Å². The Labute approximate surface area is 153 Å².